The van der Waals surface area contributed by atoms with Crippen molar-refractivity contribution < 1.29 is 19.0 Å². The zero-order valence-corrected chi connectivity index (χ0v) is 12.0. The molecule has 1 saturated heterocycles. The van der Waals surface area contributed by atoms with E-state index in [0.717, 1.165) is 12.8 Å². The molecule has 0 amide bonds. The number of halogens is 1. The van der Waals surface area contributed by atoms with E-state index in [0.29, 0.717) is 28.1 Å². The number of rotatable bonds is 4. The Morgan fingerprint density at radius 1 is 1.39 bits per heavy atom. The Bertz CT molecular complexity index is 453. The van der Waals surface area contributed by atoms with Gasteiger partial charge in [0, 0.05) is 17.1 Å². The maximum Gasteiger partial charge on any atom is 0.196 e. The molecule has 18 heavy (non-hydrogen) atoms. The van der Waals surface area contributed by atoms with Gasteiger partial charge in [-0.3, -0.25) is 4.79 Å². The average Bonchev–Trinajstić information content (AvgIpc) is 2.90. The van der Waals surface area contributed by atoms with E-state index in [2.05, 4.69) is 15.9 Å². The Morgan fingerprint density at radius 3 is 2.72 bits per heavy atom. The highest BCUT2D eigenvalue weighted by Crippen LogP contribution is 2.34. The van der Waals surface area contributed by atoms with E-state index >= 15 is 0 Å². The predicted molar refractivity (Wildman–Crippen MR) is 70.6 cm³/mol. The van der Waals surface area contributed by atoms with Crippen LogP contribution in [0.5, 0.6) is 11.5 Å². The first-order chi connectivity index (χ1) is 8.67. The van der Waals surface area contributed by atoms with Crippen LogP contribution in [0.4, 0.5) is 0 Å². The molecule has 0 spiro atoms. The molecular formula is C13H15BrO4. The molecule has 1 unspecified atom stereocenters. The Kier molecular flexibility index (Phi) is 4.24. The van der Waals surface area contributed by atoms with Crippen LogP contribution in [0.25, 0.3) is 0 Å². The van der Waals surface area contributed by atoms with Gasteiger partial charge in [-0.05, 0) is 34.8 Å². The van der Waals surface area contributed by atoms with Crippen molar-refractivity contribution in [3.8, 4) is 11.5 Å². The second kappa shape index (κ2) is 5.71. The van der Waals surface area contributed by atoms with E-state index in [-0.39, 0.29) is 11.9 Å². The Balaban J connectivity index is 2.39. The first-order valence-corrected chi connectivity index (χ1v) is 6.54. The minimum absolute atomic E-state index is 0.0427. The molecular weight excluding hydrogens is 300 g/mol. The monoisotopic (exact) mass is 314 g/mol. The molecule has 98 valence electrons. The molecule has 1 aliphatic heterocycles. The molecule has 2 rings (SSSR count). The summed E-state index contributed by atoms with van der Waals surface area (Å²) in [5, 5.41) is 0. The summed E-state index contributed by atoms with van der Waals surface area (Å²) in [7, 11) is 3.11. The lowest BCUT2D eigenvalue weighted by atomic mass is 10.0. The zero-order chi connectivity index (χ0) is 13.1. The molecule has 4 nitrogen and oxygen atoms in total. The summed E-state index contributed by atoms with van der Waals surface area (Å²) < 4.78 is 16.5. The van der Waals surface area contributed by atoms with Gasteiger partial charge in [0.15, 0.2) is 5.78 Å². The van der Waals surface area contributed by atoms with Crippen molar-refractivity contribution in [3.63, 3.8) is 0 Å². The summed E-state index contributed by atoms with van der Waals surface area (Å²) in [4.78, 5) is 12.4. The standard InChI is InChI=1S/C13H15BrO4/c1-16-8-6-9(14)12(11(7-8)17-2)13(15)10-4-3-5-18-10/h6-7,10H,3-5H2,1-2H3. The van der Waals surface area contributed by atoms with Gasteiger partial charge in [-0.1, -0.05) is 0 Å². The van der Waals surface area contributed by atoms with Gasteiger partial charge >= 0.3 is 0 Å². The number of ketones is 1. The van der Waals surface area contributed by atoms with Gasteiger partial charge in [0.25, 0.3) is 0 Å². The van der Waals surface area contributed by atoms with Crippen molar-refractivity contribution in [1.82, 2.24) is 0 Å². The Morgan fingerprint density at radius 2 is 2.17 bits per heavy atom. The van der Waals surface area contributed by atoms with Crippen LogP contribution >= 0.6 is 15.9 Å². The molecule has 1 atom stereocenters. The number of Topliss-reactive ketones (excluding diaryl/α,β-unsaturated/α-hetero) is 1. The van der Waals surface area contributed by atoms with Crippen LogP contribution in [0.1, 0.15) is 23.2 Å². The minimum atomic E-state index is -0.358. The summed E-state index contributed by atoms with van der Waals surface area (Å²) in [6.45, 7) is 0.645. The smallest absolute Gasteiger partial charge is 0.196 e. The maximum atomic E-state index is 12.4. The number of carbonyl (C=O) groups excluding carboxylic acids is 1. The van der Waals surface area contributed by atoms with Crippen LogP contribution in [0.3, 0.4) is 0 Å². The largest absolute Gasteiger partial charge is 0.497 e. The fourth-order valence-corrected chi connectivity index (χ4v) is 2.64. The van der Waals surface area contributed by atoms with Crippen LogP contribution in [0.2, 0.25) is 0 Å². The quantitative estimate of drug-likeness (QED) is 0.802. The minimum Gasteiger partial charge on any atom is -0.497 e. The third-order valence-corrected chi connectivity index (χ3v) is 3.58. The van der Waals surface area contributed by atoms with Crippen LogP contribution in [0, 0.1) is 0 Å². The normalized spacial score (nSPS) is 18.7. The van der Waals surface area contributed by atoms with Crippen molar-refractivity contribution >= 4 is 21.7 Å². The lowest BCUT2D eigenvalue weighted by Gasteiger charge is -2.14. The summed E-state index contributed by atoms with van der Waals surface area (Å²) in [5.41, 5.74) is 0.519. The van der Waals surface area contributed by atoms with Gasteiger partial charge in [-0.2, -0.15) is 0 Å². The second-order valence-electron chi connectivity index (χ2n) is 4.05. The third-order valence-electron chi connectivity index (χ3n) is 2.95. The maximum absolute atomic E-state index is 12.4. The number of carbonyl (C=O) groups is 1. The number of hydrogen-bond donors (Lipinski definition) is 0. The highest BCUT2D eigenvalue weighted by atomic mass is 79.9. The van der Waals surface area contributed by atoms with E-state index in [9.17, 15) is 4.79 Å². The molecule has 1 heterocycles. The Labute approximate surface area is 114 Å². The fraction of sp³-hybridized carbons (Fsp3) is 0.462. The molecule has 1 aromatic rings. The predicted octanol–water partition coefficient (Wildman–Crippen LogP) is 2.83. The number of benzene rings is 1. The van der Waals surface area contributed by atoms with Gasteiger partial charge in [0.2, 0.25) is 0 Å². The second-order valence-corrected chi connectivity index (χ2v) is 4.91. The highest BCUT2D eigenvalue weighted by molar-refractivity contribution is 9.10. The summed E-state index contributed by atoms with van der Waals surface area (Å²) in [6.07, 6.45) is 1.33. The zero-order valence-electron chi connectivity index (χ0n) is 10.4. The summed E-state index contributed by atoms with van der Waals surface area (Å²) >= 11 is 3.39. The molecule has 0 aromatic heterocycles. The molecule has 0 bridgehead atoms. The van der Waals surface area contributed by atoms with E-state index in [1.54, 1.807) is 19.2 Å². The number of ether oxygens (including phenoxy) is 3. The van der Waals surface area contributed by atoms with E-state index in [1.165, 1.54) is 7.11 Å². The van der Waals surface area contributed by atoms with Gasteiger partial charge in [0.1, 0.15) is 17.6 Å². The Hall–Kier alpha value is -1.07. The third kappa shape index (κ3) is 2.52. The lowest BCUT2D eigenvalue weighted by molar-refractivity contribution is 0.0639. The molecule has 1 fully saturated rings. The lowest BCUT2D eigenvalue weighted by Crippen LogP contribution is -2.20. The molecule has 1 aromatic carbocycles. The first-order valence-electron chi connectivity index (χ1n) is 5.74. The van der Waals surface area contributed by atoms with Crippen molar-refractivity contribution in [2.75, 3.05) is 20.8 Å². The van der Waals surface area contributed by atoms with Gasteiger partial charge in [-0.25, -0.2) is 0 Å². The molecule has 0 aliphatic carbocycles. The average molecular weight is 315 g/mol. The van der Waals surface area contributed by atoms with Crippen LogP contribution in [-0.4, -0.2) is 32.7 Å². The molecule has 5 heteroatoms. The number of hydrogen-bond acceptors (Lipinski definition) is 4. The van der Waals surface area contributed by atoms with Crippen LogP contribution in [-0.2, 0) is 4.74 Å². The van der Waals surface area contributed by atoms with Crippen molar-refractivity contribution in [1.29, 1.82) is 0 Å². The highest BCUT2D eigenvalue weighted by Gasteiger charge is 2.29. The number of methoxy groups -OCH3 is 2. The van der Waals surface area contributed by atoms with Crippen LogP contribution < -0.4 is 9.47 Å². The molecule has 0 N–H and O–H groups in total. The van der Waals surface area contributed by atoms with E-state index in [4.69, 9.17) is 14.2 Å². The van der Waals surface area contributed by atoms with Crippen molar-refractivity contribution in [3.05, 3.63) is 22.2 Å². The van der Waals surface area contributed by atoms with Crippen LogP contribution in [0.15, 0.2) is 16.6 Å². The van der Waals surface area contributed by atoms with Gasteiger partial charge in [-0.15, -0.1) is 0 Å². The molecule has 0 radical (unpaired) electrons. The van der Waals surface area contributed by atoms with Crippen molar-refractivity contribution in [2.45, 2.75) is 18.9 Å². The van der Waals surface area contributed by atoms with Gasteiger partial charge in [0.05, 0.1) is 19.8 Å². The molecule has 0 saturated carbocycles. The first kappa shape index (κ1) is 13.4. The van der Waals surface area contributed by atoms with Crippen molar-refractivity contribution in [2.24, 2.45) is 0 Å². The molecule has 1 aliphatic rings. The SMILES string of the molecule is COc1cc(Br)c(C(=O)C2CCCO2)c(OC)c1. The summed E-state index contributed by atoms with van der Waals surface area (Å²) in [5.74, 6) is 1.10. The van der Waals surface area contributed by atoms with Gasteiger partial charge < -0.3 is 14.2 Å². The van der Waals surface area contributed by atoms with E-state index in [1.807, 2.05) is 0 Å². The summed E-state index contributed by atoms with van der Waals surface area (Å²) in [6, 6.07) is 3.46. The van der Waals surface area contributed by atoms with E-state index < -0.39 is 0 Å². The fourth-order valence-electron chi connectivity index (χ4n) is 2.02. The topological polar surface area (TPSA) is 44.8 Å².